The number of hydrogen-bond donors (Lipinski definition) is 4. The van der Waals surface area contributed by atoms with Crippen molar-refractivity contribution >= 4 is 46.7 Å². The van der Waals surface area contributed by atoms with Gasteiger partial charge in [-0.3, -0.25) is 4.79 Å². The Morgan fingerprint density at radius 2 is 2.12 bits per heavy atom. The molecule has 0 atom stereocenters. The van der Waals surface area contributed by atoms with E-state index in [0.717, 1.165) is 32.4 Å². The number of rotatable bonds is 7. The number of halogens is 1. The molecule has 1 heterocycles. The molecule has 0 unspecified atom stereocenters. The van der Waals surface area contributed by atoms with Crippen molar-refractivity contribution in [3.8, 4) is 0 Å². The molecule has 0 aliphatic heterocycles. The van der Waals surface area contributed by atoms with Crippen molar-refractivity contribution in [3.05, 3.63) is 35.5 Å². The number of carbonyl (C=O) groups excluding carboxylic acids is 1. The number of amides is 1. The van der Waals surface area contributed by atoms with E-state index in [0.29, 0.717) is 12.0 Å². The van der Waals surface area contributed by atoms with Gasteiger partial charge in [0.05, 0.1) is 0 Å². The van der Waals surface area contributed by atoms with Gasteiger partial charge in [0.2, 0.25) is 5.91 Å². The molecule has 1 saturated carbocycles. The van der Waals surface area contributed by atoms with Crippen molar-refractivity contribution in [2.24, 2.45) is 4.99 Å². The molecule has 1 aromatic carbocycles. The minimum Gasteiger partial charge on any atom is -0.361 e. The maximum atomic E-state index is 11.8. The van der Waals surface area contributed by atoms with Crippen molar-refractivity contribution in [2.75, 3.05) is 19.6 Å². The minimum absolute atomic E-state index is 0. The molecule has 3 rings (SSSR count). The fourth-order valence-corrected chi connectivity index (χ4v) is 2.82. The minimum atomic E-state index is -0.00768. The third-order valence-corrected chi connectivity index (χ3v) is 4.28. The number of nitrogens with zero attached hydrogens (tertiary/aromatic N) is 1. The lowest BCUT2D eigenvalue weighted by atomic mass is 10.1. The SMILES string of the molecule is CCNC(=NCC(=O)NC1CC1)NCCc1c[nH]c2cc(C)ccc12.I. The summed E-state index contributed by atoms with van der Waals surface area (Å²) in [6.45, 7) is 5.81. The van der Waals surface area contributed by atoms with E-state index in [1.807, 2.05) is 6.92 Å². The maximum Gasteiger partial charge on any atom is 0.242 e. The van der Waals surface area contributed by atoms with E-state index in [-0.39, 0.29) is 36.4 Å². The quantitative estimate of drug-likeness (QED) is 0.286. The van der Waals surface area contributed by atoms with Crippen LogP contribution in [0.5, 0.6) is 0 Å². The molecule has 0 spiro atoms. The van der Waals surface area contributed by atoms with E-state index in [2.05, 4.69) is 57.2 Å². The van der Waals surface area contributed by atoms with Gasteiger partial charge in [0.1, 0.15) is 6.54 Å². The van der Waals surface area contributed by atoms with Crippen molar-refractivity contribution in [1.82, 2.24) is 20.9 Å². The molecule has 0 bridgehead atoms. The number of hydrogen-bond acceptors (Lipinski definition) is 2. The van der Waals surface area contributed by atoms with Crippen LogP contribution in [-0.4, -0.2) is 42.5 Å². The molecule has 26 heavy (non-hydrogen) atoms. The number of aryl methyl sites for hydroxylation is 1. The number of nitrogens with one attached hydrogen (secondary N) is 4. The number of carbonyl (C=O) groups is 1. The molecule has 2 aromatic rings. The summed E-state index contributed by atoms with van der Waals surface area (Å²) in [4.78, 5) is 19.5. The fourth-order valence-electron chi connectivity index (χ4n) is 2.82. The normalized spacial score (nSPS) is 14.0. The van der Waals surface area contributed by atoms with E-state index in [4.69, 9.17) is 0 Å². The van der Waals surface area contributed by atoms with E-state index < -0.39 is 0 Å². The van der Waals surface area contributed by atoms with Gasteiger partial charge < -0.3 is 20.9 Å². The summed E-state index contributed by atoms with van der Waals surface area (Å²) in [6.07, 6.45) is 5.15. The number of aliphatic imine (C=N–C) groups is 1. The number of fused-ring (bicyclic) bond motifs is 1. The second-order valence-electron chi connectivity index (χ2n) is 6.58. The molecule has 6 nitrogen and oxygen atoms in total. The van der Waals surface area contributed by atoms with Gasteiger partial charge in [0.15, 0.2) is 5.96 Å². The van der Waals surface area contributed by atoms with E-state index >= 15 is 0 Å². The molecular weight excluding hydrogens is 441 g/mol. The monoisotopic (exact) mass is 469 g/mol. The highest BCUT2D eigenvalue weighted by molar-refractivity contribution is 14.0. The van der Waals surface area contributed by atoms with Gasteiger partial charge in [-0.25, -0.2) is 4.99 Å². The Bertz CT molecular complexity index is 766. The van der Waals surface area contributed by atoms with Crippen LogP contribution < -0.4 is 16.0 Å². The molecule has 0 radical (unpaired) electrons. The summed E-state index contributed by atoms with van der Waals surface area (Å²) in [5, 5.41) is 10.7. The zero-order chi connectivity index (χ0) is 17.6. The molecule has 1 aliphatic rings. The highest BCUT2D eigenvalue weighted by Gasteiger charge is 2.22. The number of aromatic amines is 1. The van der Waals surface area contributed by atoms with Gasteiger partial charge in [-0.15, -0.1) is 24.0 Å². The van der Waals surface area contributed by atoms with Crippen molar-refractivity contribution in [3.63, 3.8) is 0 Å². The lowest BCUT2D eigenvalue weighted by Gasteiger charge is -2.11. The van der Waals surface area contributed by atoms with Crippen molar-refractivity contribution in [2.45, 2.75) is 39.2 Å². The van der Waals surface area contributed by atoms with Gasteiger partial charge >= 0.3 is 0 Å². The smallest absolute Gasteiger partial charge is 0.242 e. The van der Waals surface area contributed by atoms with Crippen LogP contribution in [0, 0.1) is 6.92 Å². The summed E-state index contributed by atoms with van der Waals surface area (Å²) < 4.78 is 0. The van der Waals surface area contributed by atoms with Crippen LogP contribution >= 0.6 is 24.0 Å². The maximum absolute atomic E-state index is 11.8. The third-order valence-electron chi connectivity index (χ3n) is 4.28. The molecule has 7 heteroatoms. The molecule has 1 aliphatic carbocycles. The Balaban J connectivity index is 0.00000243. The standard InChI is InChI=1S/C19H27N5O.HI/c1-3-20-19(23-12-18(25)24-15-5-6-15)21-9-8-14-11-22-17-10-13(2)4-7-16(14)17;/h4,7,10-11,15,22H,3,5-6,8-9,12H2,1-2H3,(H,24,25)(H2,20,21,23);1H. The highest BCUT2D eigenvalue weighted by Crippen LogP contribution is 2.19. The lowest BCUT2D eigenvalue weighted by molar-refractivity contribution is -0.119. The molecule has 0 saturated heterocycles. The molecule has 142 valence electrons. The van der Waals surface area contributed by atoms with Crippen molar-refractivity contribution < 1.29 is 4.79 Å². The Kier molecular flexibility index (Phi) is 7.74. The van der Waals surface area contributed by atoms with Gasteiger partial charge in [-0.1, -0.05) is 12.1 Å². The summed E-state index contributed by atoms with van der Waals surface area (Å²) in [6, 6.07) is 6.84. The second-order valence-corrected chi connectivity index (χ2v) is 6.58. The summed E-state index contributed by atoms with van der Waals surface area (Å²) in [7, 11) is 0. The van der Waals surface area contributed by atoms with E-state index in [9.17, 15) is 4.79 Å². The summed E-state index contributed by atoms with van der Waals surface area (Å²) in [5.41, 5.74) is 3.71. The average molecular weight is 469 g/mol. The zero-order valence-corrected chi connectivity index (χ0v) is 17.7. The van der Waals surface area contributed by atoms with Crippen LogP contribution in [0.15, 0.2) is 29.4 Å². The number of benzene rings is 1. The Hall–Kier alpha value is -1.77. The topological polar surface area (TPSA) is 81.3 Å². The van der Waals surface area contributed by atoms with Gasteiger partial charge in [0, 0.05) is 36.2 Å². The largest absolute Gasteiger partial charge is 0.361 e. The number of guanidine groups is 1. The molecular formula is C19H28IN5O. The van der Waals surface area contributed by atoms with Crippen LogP contribution in [-0.2, 0) is 11.2 Å². The third kappa shape index (κ3) is 5.89. The van der Waals surface area contributed by atoms with Crippen LogP contribution in [0.3, 0.4) is 0 Å². The van der Waals surface area contributed by atoms with Gasteiger partial charge in [-0.2, -0.15) is 0 Å². The predicted octanol–water partition coefficient (Wildman–Crippen LogP) is 2.47. The lowest BCUT2D eigenvalue weighted by Crippen LogP contribution is -2.39. The van der Waals surface area contributed by atoms with Crippen LogP contribution in [0.1, 0.15) is 30.9 Å². The van der Waals surface area contributed by atoms with Crippen LogP contribution in [0.2, 0.25) is 0 Å². The molecule has 1 amide bonds. The van der Waals surface area contributed by atoms with E-state index in [1.165, 1.54) is 22.0 Å². The molecule has 1 aromatic heterocycles. The second kappa shape index (κ2) is 9.80. The first-order chi connectivity index (χ1) is 12.2. The summed E-state index contributed by atoms with van der Waals surface area (Å²) >= 11 is 0. The van der Waals surface area contributed by atoms with E-state index in [1.54, 1.807) is 0 Å². The van der Waals surface area contributed by atoms with Crippen LogP contribution in [0.4, 0.5) is 0 Å². The zero-order valence-electron chi connectivity index (χ0n) is 15.4. The van der Waals surface area contributed by atoms with Gasteiger partial charge in [-0.05, 0) is 50.3 Å². The van der Waals surface area contributed by atoms with Crippen LogP contribution in [0.25, 0.3) is 10.9 Å². The number of aromatic nitrogens is 1. The fraction of sp³-hybridized carbons (Fsp3) is 0.474. The Morgan fingerprint density at radius 3 is 2.85 bits per heavy atom. The average Bonchev–Trinajstić information content (AvgIpc) is 3.31. The summed E-state index contributed by atoms with van der Waals surface area (Å²) in [5.74, 6) is 0.677. The Labute approximate surface area is 171 Å². The molecule has 1 fully saturated rings. The van der Waals surface area contributed by atoms with Crippen molar-refractivity contribution in [1.29, 1.82) is 0 Å². The highest BCUT2D eigenvalue weighted by atomic mass is 127. The Morgan fingerprint density at radius 1 is 1.31 bits per heavy atom. The predicted molar refractivity (Wildman–Crippen MR) is 117 cm³/mol. The first-order valence-corrected chi connectivity index (χ1v) is 9.04. The van der Waals surface area contributed by atoms with Gasteiger partial charge in [0.25, 0.3) is 0 Å². The first kappa shape index (κ1) is 20.5. The first-order valence-electron chi connectivity index (χ1n) is 9.04. The molecule has 4 N–H and O–H groups in total. The number of H-pyrrole nitrogens is 1.